The number of aromatic amines is 1. The summed E-state index contributed by atoms with van der Waals surface area (Å²) in [5.74, 6) is -0.0700. The van der Waals surface area contributed by atoms with E-state index in [0.717, 1.165) is 25.8 Å². The lowest BCUT2D eigenvalue weighted by Crippen LogP contribution is -2.50. The Morgan fingerprint density at radius 1 is 1.33 bits per heavy atom. The maximum atomic E-state index is 12.7. The van der Waals surface area contributed by atoms with Crippen molar-refractivity contribution in [3.8, 4) is 0 Å². The molecule has 1 aromatic rings. The van der Waals surface area contributed by atoms with E-state index in [9.17, 15) is 9.59 Å². The first-order valence-electron chi connectivity index (χ1n) is 7.80. The van der Waals surface area contributed by atoms with Crippen molar-refractivity contribution in [2.24, 2.45) is 0 Å². The highest BCUT2D eigenvalue weighted by Crippen LogP contribution is 2.30. The summed E-state index contributed by atoms with van der Waals surface area (Å²) in [6.45, 7) is 2.82. The van der Waals surface area contributed by atoms with Crippen LogP contribution in [0.1, 0.15) is 49.5 Å². The fourth-order valence-electron chi connectivity index (χ4n) is 3.58. The Morgan fingerprint density at radius 3 is 2.62 bits per heavy atom. The molecule has 0 saturated carbocycles. The molecule has 3 heterocycles. The molecule has 1 amide bonds. The van der Waals surface area contributed by atoms with Gasteiger partial charge in [-0.25, -0.2) is 5.10 Å². The molecule has 2 fully saturated rings. The topological polar surface area (TPSA) is 78.1 Å². The number of fused-ring (bicyclic) bond motifs is 2. The van der Waals surface area contributed by atoms with Crippen molar-refractivity contribution in [3.05, 3.63) is 28.2 Å². The highest BCUT2D eigenvalue weighted by atomic mass is 16.2. The zero-order valence-corrected chi connectivity index (χ0v) is 12.3. The molecule has 2 aliphatic rings. The number of carbonyl (C=O) groups excluding carboxylic acids is 1. The van der Waals surface area contributed by atoms with Gasteiger partial charge in [0.15, 0.2) is 0 Å². The van der Waals surface area contributed by atoms with Gasteiger partial charge in [0.2, 0.25) is 0 Å². The van der Waals surface area contributed by atoms with Crippen molar-refractivity contribution in [1.29, 1.82) is 0 Å². The van der Waals surface area contributed by atoms with Crippen molar-refractivity contribution in [2.45, 2.75) is 57.2 Å². The number of rotatable bonds is 4. The number of hydrogen-bond acceptors (Lipinski definition) is 4. The summed E-state index contributed by atoms with van der Waals surface area (Å²) in [7, 11) is 0. The standard InChI is InChI=1S/C15H22N4O2/c1-2-7-19(12-8-10-3-4-11(9-12)16-10)15(21)13-5-6-14(20)18-17-13/h5-6,10-12,16H,2-4,7-9H2,1H3,(H,18,20). The van der Waals surface area contributed by atoms with Gasteiger partial charge in [0.05, 0.1) is 0 Å². The molecule has 2 saturated heterocycles. The van der Waals surface area contributed by atoms with E-state index in [1.54, 1.807) is 0 Å². The zero-order chi connectivity index (χ0) is 14.8. The van der Waals surface area contributed by atoms with Gasteiger partial charge in [-0.05, 0) is 38.2 Å². The SMILES string of the molecule is CCCN(C(=O)c1ccc(=O)[nH]n1)C1CC2CCC(C1)N2. The van der Waals surface area contributed by atoms with Crippen LogP contribution >= 0.6 is 0 Å². The third kappa shape index (κ3) is 3.00. The molecule has 2 N–H and O–H groups in total. The molecule has 2 bridgehead atoms. The lowest BCUT2D eigenvalue weighted by atomic mass is 9.97. The Kier molecular flexibility index (Phi) is 4.05. The first kappa shape index (κ1) is 14.3. The Hall–Kier alpha value is -1.69. The van der Waals surface area contributed by atoms with Gasteiger partial charge in [0.25, 0.3) is 11.5 Å². The molecule has 2 aliphatic heterocycles. The normalized spacial score (nSPS) is 27.6. The molecule has 114 valence electrons. The molecular weight excluding hydrogens is 268 g/mol. The Balaban J connectivity index is 1.78. The number of hydrogen-bond donors (Lipinski definition) is 2. The molecule has 2 atom stereocenters. The molecule has 3 rings (SSSR count). The van der Waals surface area contributed by atoms with Crippen molar-refractivity contribution in [2.75, 3.05) is 6.54 Å². The summed E-state index contributed by atoms with van der Waals surface area (Å²) >= 11 is 0. The van der Waals surface area contributed by atoms with E-state index in [1.807, 2.05) is 4.90 Å². The number of aromatic nitrogens is 2. The molecule has 1 aromatic heterocycles. The fraction of sp³-hybridized carbons (Fsp3) is 0.667. The second-order valence-electron chi connectivity index (χ2n) is 6.07. The monoisotopic (exact) mass is 290 g/mol. The summed E-state index contributed by atoms with van der Waals surface area (Å²) in [5.41, 5.74) is 0.0439. The number of nitrogens with zero attached hydrogens (tertiary/aromatic N) is 2. The summed E-state index contributed by atoms with van der Waals surface area (Å²) in [5, 5.41) is 9.83. The second kappa shape index (κ2) is 5.97. The summed E-state index contributed by atoms with van der Waals surface area (Å²) in [4.78, 5) is 25.7. The molecule has 6 heteroatoms. The lowest BCUT2D eigenvalue weighted by Gasteiger charge is -2.37. The van der Waals surface area contributed by atoms with Gasteiger partial charge in [-0.1, -0.05) is 6.92 Å². The van der Waals surface area contributed by atoms with Crippen LogP contribution in [0.3, 0.4) is 0 Å². The molecule has 2 unspecified atom stereocenters. The van der Waals surface area contributed by atoms with Gasteiger partial charge >= 0.3 is 0 Å². The summed E-state index contributed by atoms with van der Waals surface area (Å²) < 4.78 is 0. The van der Waals surface area contributed by atoms with Crippen LogP contribution in [-0.2, 0) is 0 Å². The van der Waals surface area contributed by atoms with E-state index < -0.39 is 0 Å². The van der Waals surface area contributed by atoms with Crippen molar-refractivity contribution in [1.82, 2.24) is 20.4 Å². The summed E-state index contributed by atoms with van der Waals surface area (Å²) in [6, 6.07) is 4.24. The molecule has 0 spiro atoms. The third-order valence-corrected chi connectivity index (χ3v) is 4.51. The molecular formula is C15H22N4O2. The number of amides is 1. The van der Waals surface area contributed by atoms with Gasteiger partial charge in [0.1, 0.15) is 5.69 Å². The largest absolute Gasteiger partial charge is 0.334 e. The predicted octanol–water partition coefficient (Wildman–Crippen LogP) is 0.905. The van der Waals surface area contributed by atoms with Crippen LogP contribution in [0.25, 0.3) is 0 Å². The lowest BCUT2D eigenvalue weighted by molar-refractivity contribution is 0.0609. The van der Waals surface area contributed by atoms with Crippen LogP contribution < -0.4 is 10.9 Å². The van der Waals surface area contributed by atoms with Crippen LogP contribution in [-0.4, -0.2) is 45.7 Å². The number of piperidine rings is 1. The second-order valence-corrected chi connectivity index (χ2v) is 6.07. The van der Waals surface area contributed by atoms with Gasteiger partial charge in [0, 0.05) is 30.7 Å². The Bertz CT molecular complexity index is 539. The van der Waals surface area contributed by atoms with E-state index in [-0.39, 0.29) is 17.5 Å². The van der Waals surface area contributed by atoms with E-state index in [0.29, 0.717) is 17.8 Å². The summed E-state index contributed by atoms with van der Waals surface area (Å²) in [6.07, 6.45) is 5.39. The van der Waals surface area contributed by atoms with Crippen LogP contribution in [0.15, 0.2) is 16.9 Å². The van der Waals surface area contributed by atoms with Gasteiger partial charge in [-0.3, -0.25) is 9.59 Å². The third-order valence-electron chi connectivity index (χ3n) is 4.51. The van der Waals surface area contributed by atoms with Crippen LogP contribution in [0.2, 0.25) is 0 Å². The smallest absolute Gasteiger partial charge is 0.274 e. The number of H-pyrrole nitrogens is 1. The van der Waals surface area contributed by atoms with Crippen LogP contribution in [0.4, 0.5) is 0 Å². The van der Waals surface area contributed by atoms with Crippen molar-refractivity contribution >= 4 is 5.91 Å². The highest BCUT2D eigenvalue weighted by Gasteiger charge is 2.37. The maximum absolute atomic E-state index is 12.7. The van der Waals surface area contributed by atoms with E-state index in [4.69, 9.17) is 0 Å². The van der Waals surface area contributed by atoms with Gasteiger partial charge in [-0.2, -0.15) is 5.10 Å². The average molecular weight is 290 g/mol. The van der Waals surface area contributed by atoms with Gasteiger partial charge < -0.3 is 10.2 Å². The molecule has 21 heavy (non-hydrogen) atoms. The minimum atomic E-state index is -0.284. The molecule has 6 nitrogen and oxygen atoms in total. The molecule has 0 aromatic carbocycles. The predicted molar refractivity (Wildman–Crippen MR) is 79.2 cm³/mol. The van der Waals surface area contributed by atoms with E-state index in [2.05, 4.69) is 22.4 Å². The first-order chi connectivity index (χ1) is 10.2. The van der Waals surface area contributed by atoms with Crippen LogP contribution in [0.5, 0.6) is 0 Å². The Labute approximate surface area is 123 Å². The zero-order valence-electron chi connectivity index (χ0n) is 12.3. The minimum Gasteiger partial charge on any atom is -0.334 e. The number of nitrogens with one attached hydrogen (secondary N) is 2. The number of carbonyl (C=O) groups is 1. The quantitative estimate of drug-likeness (QED) is 0.864. The molecule has 0 aliphatic carbocycles. The van der Waals surface area contributed by atoms with Crippen molar-refractivity contribution in [3.63, 3.8) is 0 Å². The van der Waals surface area contributed by atoms with E-state index >= 15 is 0 Å². The average Bonchev–Trinajstić information content (AvgIpc) is 2.83. The Morgan fingerprint density at radius 2 is 2.05 bits per heavy atom. The fourth-order valence-corrected chi connectivity index (χ4v) is 3.58. The van der Waals surface area contributed by atoms with Crippen LogP contribution in [0, 0.1) is 0 Å². The van der Waals surface area contributed by atoms with Crippen molar-refractivity contribution < 1.29 is 4.79 Å². The van der Waals surface area contributed by atoms with Gasteiger partial charge in [-0.15, -0.1) is 0 Å². The highest BCUT2D eigenvalue weighted by molar-refractivity contribution is 5.92. The molecule has 0 radical (unpaired) electrons. The first-order valence-corrected chi connectivity index (χ1v) is 7.80. The minimum absolute atomic E-state index is 0.0700. The maximum Gasteiger partial charge on any atom is 0.274 e. The van der Waals surface area contributed by atoms with E-state index in [1.165, 1.54) is 25.0 Å².